The molecule has 0 aromatic heterocycles. The van der Waals surface area contributed by atoms with Crippen molar-refractivity contribution in [1.82, 2.24) is 0 Å². The third-order valence-electron chi connectivity index (χ3n) is 3.61. The van der Waals surface area contributed by atoms with Gasteiger partial charge in [0.15, 0.2) is 11.6 Å². The number of allylic oxidation sites excluding steroid dienone is 1. The van der Waals surface area contributed by atoms with Crippen LogP contribution in [0.25, 0.3) is 5.57 Å². The number of fused-ring (bicyclic) bond motifs is 1. The molecule has 0 radical (unpaired) electrons. The lowest BCUT2D eigenvalue weighted by Gasteiger charge is -2.20. The van der Waals surface area contributed by atoms with Crippen molar-refractivity contribution >= 4 is 23.1 Å². The van der Waals surface area contributed by atoms with Gasteiger partial charge >= 0.3 is 5.97 Å². The maximum absolute atomic E-state index is 12.8. The third kappa shape index (κ3) is 2.24. The monoisotopic (exact) mass is 292 g/mol. The van der Waals surface area contributed by atoms with Gasteiger partial charge in [-0.05, 0) is 5.56 Å². The molecule has 1 aliphatic rings. The molecule has 0 fully saturated rings. The summed E-state index contributed by atoms with van der Waals surface area (Å²) in [5.41, 5.74) is 1.38. The molecule has 4 nitrogen and oxygen atoms in total. The van der Waals surface area contributed by atoms with E-state index in [-0.39, 0.29) is 22.5 Å². The van der Waals surface area contributed by atoms with Gasteiger partial charge in [-0.2, -0.15) is 0 Å². The van der Waals surface area contributed by atoms with Crippen molar-refractivity contribution in [2.45, 2.75) is 6.42 Å². The zero-order chi connectivity index (χ0) is 15.7. The van der Waals surface area contributed by atoms with E-state index in [9.17, 15) is 14.4 Å². The van der Waals surface area contributed by atoms with Gasteiger partial charge in [0, 0.05) is 22.3 Å². The molecular formula is C18H12O4. The number of carbonyl (C=O) groups excluding carboxylic acids is 2. The lowest BCUT2D eigenvalue weighted by molar-refractivity contribution is -0.136. The van der Waals surface area contributed by atoms with Crippen LogP contribution in [0, 0.1) is 0 Å². The number of ketones is 2. The molecule has 0 amide bonds. The quantitative estimate of drug-likeness (QED) is 0.944. The number of Topliss-reactive ketones (excluding diaryl/α,β-unsaturated/α-hetero) is 2. The lowest BCUT2D eigenvalue weighted by atomic mass is 9.80. The predicted molar refractivity (Wildman–Crippen MR) is 80.7 cm³/mol. The van der Waals surface area contributed by atoms with Crippen LogP contribution in [0.5, 0.6) is 0 Å². The van der Waals surface area contributed by atoms with Gasteiger partial charge in [0.2, 0.25) is 0 Å². The molecule has 1 N–H and O–H groups in total. The minimum Gasteiger partial charge on any atom is -0.481 e. The molecule has 0 bridgehead atoms. The average Bonchev–Trinajstić information content (AvgIpc) is 2.53. The fourth-order valence-electron chi connectivity index (χ4n) is 2.66. The summed E-state index contributed by atoms with van der Waals surface area (Å²) in [4.78, 5) is 36.5. The van der Waals surface area contributed by atoms with Crippen LogP contribution in [-0.2, 0) is 4.79 Å². The van der Waals surface area contributed by atoms with E-state index >= 15 is 0 Å². The van der Waals surface area contributed by atoms with Gasteiger partial charge in [-0.3, -0.25) is 14.4 Å². The number of carbonyl (C=O) groups is 3. The van der Waals surface area contributed by atoms with E-state index in [1.807, 2.05) is 0 Å². The van der Waals surface area contributed by atoms with Crippen molar-refractivity contribution in [3.8, 4) is 0 Å². The van der Waals surface area contributed by atoms with E-state index in [1.165, 1.54) is 0 Å². The fraction of sp³-hybridized carbons (Fsp3) is 0.0556. The Morgan fingerprint density at radius 3 is 1.95 bits per heavy atom. The molecule has 3 rings (SSSR count). The maximum atomic E-state index is 12.8. The predicted octanol–water partition coefficient (Wildman–Crippen LogP) is 2.99. The zero-order valence-corrected chi connectivity index (χ0v) is 11.6. The molecule has 2 aromatic rings. The number of hydrogen-bond acceptors (Lipinski definition) is 3. The molecule has 0 atom stereocenters. The van der Waals surface area contributed by atoms with Gasteiger partial charge < -0.3 is 5.11 Å². The minimum atomic E-state index is -1.14. The Labute approximate surface area is 126 Å². The highest BCUT2D eigenvalue weighted by molar-refractivity contribution is 6.41. The van der Waals surface area contributed by atoms with E-state index in [0.717, 1.165) is 0 Å². The molecule has 0 aliphatic heterocycles. The smallest absolute Gasteiger partial charge is 0.307 e. The second-order valence-corrected chi connectivity index (χ2v) is 4.99. The maximum Gasteiger partial charge on any atom is 0.307 e. The van der Waals surface area contributed by atoms with Crippen molar-refractivity contribution in [2.75, 3.05) is 0 Å². The average molecular weight is 292 g/mol. The van der Waals surface area contributed by atoms with Crippen LogP contribution in [0.1, 0.15) is 32.7 Å². The number of rotatable bonds is 3. The van der Waals surface area contributed by atoms with Gasteiger partial charge in [0.05, 0.1) is 6.42 Å². The Balaban J connectivity index is 2.26. The summed E-state index contributed by atoms with van der Waals surface area (Å²) in [7, 11) is 0. The van der Waals surface area contributed by atoms with Crippen LogP contribution >= 0.6 is 0 Å². The first-order valence-electron chi connectivity index (χ1n) is 6.78. The van der Waals surface area contributed by atoms with Crippen LogP contribution in [0.3, 0.4) is 0 Å². The summed E-state index contributed by atoms with van der Waals surface area (Å²) < 4.78 is 0. The highest BCUT2D eigenvalue weighted by Crippen LogP contribution is 2.33. The van der Waals surface area contributed by atoms with E-state index in [0.29, 0.717) is 11.1 Å². The Kier molecular flexibility index (Phi) is 3.43. The van der Waals surface area contributed by atoms with Crippen molar-refractivity contribution < 1.29 is 19.5 Å². The lowest BCUT2D eigenvalue weighted by Crippen LogP contribution is -2.23. The van der Waals surface area contributed by atoms with Gasteiger partial charge in [-0.15, -0.1) is 0 Å². The van der Waals surface area contributed by atoms with E-state index < -0.39 is 18.2 Å². The minimum absolute atomic E-state index is 0.0439. The van der Waals surface area contributed by atoms with Crippen LogP contribution < -0.4 is 0 Å². The van der Waals surface area contributed by atoms with Crippen LogP contribution in [0.4, 0.5) is 0 Å². The van der Waals surface area contributed by atoms with E-state index in [2.05, 4.69) is 0 Å². The first-order chi connectivity index (χ1) is 10.6. The number of benzene rings is 2. The molecule has 0 unspecified atom stereocenters. The summed E-state index contributed by atoms with van der Waals surface area (Å²) in [6.07, 6.45) is -0.469. The number of carboxylic acids is 1. The molecular weight excluding hydrogens is 280 g/mol. The van der Waals surface area contributed by atoms with Crippen LogP contribution in [0.2, 0.25) is 0 Å². The highest BCUT2D eigenvalue weighted by atomic mass is 16.4. The molecule has 1 aliphatic carbocycles. The zero-order valence-electron chi connectivity index (χ0n) is 11.6. The Bertz CT molecular complexity index is 816. The highest BCUT2D eigenvalue weighted by Gasteiger charge is 2.33. The van der Waals surface area contributed by atoms with Gasteiger partial charge in [0.25, 0.3) is 0 Å². The summed E-state index contributed by atoms with van der Waals surface area (Å²) in [5, 5.41) is 9.08. The van der Waals surface area contributed by atoms with Crippen LogP contribution in [-0.4, -0.2) is 22.6 Å². The third-order valence-corrected chi connectivity index (χ3v) is 3.61. The van der Waals surface area contributed by atoms with Gasteiger partial charge in [-0.1, -0.05) is 54.6 Å². The SMILES string of the molecule is O=C(O)CC1=C(c2ccccc2)C(=O)c2ccccc2C1=O. The van der Waals surface area contributed by atoms with E-state index in [1.54, 1.807) is 54.6 Å². The van der Waals surface area contributed by atoms with Crippen molar-refractivity contribution in [3.63, 3.8) is 0 Å². The summed E-state index contributed by atoms with van der Waals surface area (Å²) in [6.45, 7) is 0. The summed E-state index contributed by atoms with van der Waals surface area (Å²) >= 11 is 0. The van der Waals surface area contributed by atoms with Crippen molar-refractivity contribution in [2.24, 2.45) is 0 Å². The molecule has 108 valence electrons. The Hall–Kier alpha value is -3.01. The van der Waals surface area contributed by atoms with Crippen molar-refractivity contribution in [3.05, 3.63) is 76.9 Å². The largest absolute Gasteiger partial charge is 0.481 e. The molecule has 0 spiro atoms. The molecule has 22 heavy (non-hydrogen) atoms. The summed E-state index contributed by atoms with van der Waals surface area (Å²) in [5.74, 6) is -1.84. The molecule has 0 saturated carbocycles. The summed E-state index contributed by atoms with van der Waals surface area (Å²) in [6, 6.07) is 15.2. The first-order valence-corrected chi connectivity index (χ1v) is 6.78. The topological polar surface area (TPSA) is 71.4 Å². The number of hydrogen-bond donors (Lipinski definition) is 1. The second-order valence-electron chi connectivity index (χ2n) is 4.99. The van der Waals surface area contributed by atoms with Crippen LogP contribution in [0.15, 0.2) is 60.2 Å². The normalized spacial score (nSPS) is 14.0. The molecule has 2 aromatic carbocycles. The Morgan fingerprint density at radius 1 is 0.818 bits per heavy atom. The number of carboxylic acid groups (broad SMARTS) is 1. The molecule has 4 heteroatoms. The fourth-order valence-corrected chi connectivity index (χ4v) is 2.66. The van der Waals surface area contributed by atoms with Gasteiger partial charge in [0.1, 0.15) is 0 Å². The molecule has 0 saturated heterocycles. The van der Waals surface area contributed by atoms with Crippen molar-refractivity contribution in [1.29, 1.82) is 0 Å². The Morgan fingerprint density at radius 2 is 1.36 bits per heavy atom. The number of aliphatic carboxylic acids is 1. The van der Waals surface area contributed by atoms with E-state index in [4.69, 9.17) is 5.11 Å². The van der Waals surface area contributed by atoms with Gasteiger partial charge in [-0.25, -0.2) is 0 Å². The molecule has 0 heterocycles. The second kappa shape index (κ2) is 5.41. The first kappa shape index (κ1) is 13.9. The standard InChI is InChI=1S/C18H12O4/c19-15(20)10-14-16(11-6-2-1-3-7-11)18(22)13-9-5-4-8-12(13)17(14)21/h1-9H,10H2,(H,19,20).